The quantitative estimate of drug-likeness (QED) is 0.883. The molecule has 0 saturated heterocycles. The number of anilines is 1. The maximum Gasteiger partial charge on any atom is 0.0772 e. The molecule has 0 amide bonds. The molecular weight excluding hydrogens is 230 g/mol. The lowest BCUT2D eigenvalue weighted by Gasteiger charge is -2.19. The van der Waals surface area contributed by atoms with Crippen molar-refractivity contribution in [1.82, 2.24) is 9.88 Å². The molecule has 90 valence electrons. The Kier molecular flexibility index (Phi) is 4.12. The van der Waals surface area contributed by atoms with Gasteiger partial charge in [0.05, 0.1) is 11.4 Å². The van der Waals surface area contributed by atoms with E-state index in [1.807, 2.05) is 12.1 Å². The number of nitrogens with zero attached hydrogens (tertiary/aromatic N) is 2. The fourth-order valence-electron chi connectivity index (χ4n) is 1.70. The Balaban J connectivity index is 2.03. The van der Waals surface area contributed by atoms with E-state index in [1.165, 1.54) is 4.88 Å². The molecule has 0 aliphatic heterocycles. The van der Waals surface area contributed by atoms with E-state index in [0.29, 0.717) is 0 Å². The fraction of sp³-hybridized carbons (Fsp3) is 0.308. The second-order valence-electron chi connectivity index (χ2n) is 3.92. The highest BCUT2D eigenvalue weighted by Gasteiger charge is 2.08. The van der Waals surface area contributed by atoms with Gasteiger partial charge in [-0.1, -0.05) is 13.0 Å². The molecule has 2 rings (SSSR count). The zero-order chi connectivity index (χ0) is 12.1. The largest absolute Gasteiger partial charge is 0.397 e. The summed E-state index contributed by atoms with van der Waals surface area (Å²) in [6.07, 6.45) is 1.80. The number of nitrogen functional groups attached to an aromatic ring is 1. The van der Waals surface area contributed by atoms with Crippen molar-refractivity contribution in [2.45, 2.75) is 20.0 Å². The van der Waals surface area contributed by atoms with Crippen LogP contribution in [-0.4, -0.2) is 16.4 Å². The average molecular weight is 247 g/mol. The molecule has 0 aromatic carbocycles. The number of pyridine rings is 1. The molecule has 0 radical (unpaired) electrons. The van der Waals surface area contributed by atoms with E-state index < -0.39 is 0 Å². The van der Waals surface area contributed by atoms with Gasteiger partial charge in [0.15, 0.2) is 0 Å². The summed E-state index contributed by atoms with van der Waals surface area (Å²) >= 11 is 1.79. The highest BCUT2D eigenvalue weighted by Crippen LogP contribution is 2.15. The molecule has 0 aliphatic carbocycles. The van der Waals surface area contributed by atoms with Crippen LogP contribution in [0.4, 0.5) is 5.69 Å². The summed E-state index contributed by atoms with van der Waals surface area (Å²) in [6, 6.07) is 8.02. The summed E-state index contributed by atoms with van der Waals surface area (Å²) in [5.74, 6) is 0. The van der Waals surface area contributed by atoms with E-state index in [2.05, 4.69) is 34.3 Å². The standard InChI is InChI=1S/C13H17N3S/c1-2-16(9-11-5-4-8-17-11)10-13-12(14)6-3-7-15-13/h3-8H,2,9-10,14H2,1H3. The van der Waals surface area contributed by atoms with Crippen LogP contribution in [0.25, 0.3) is 0 Å². The third-order valence-electron chi connectivity index (χ3n) is 2.71. The van der Waals surface area contributed by atoms with Gasteiger partial charge < -0.3 is 5.73 Å². The fourth-order valence-corrected chi connectivity index (χ4v) is 2.44. The highest BCUT2D eigenvalue weighted by molar-refractivity contribution is 7.09. The lowest BCUT2D eigenvalue weighted by molar-refractivity contribution is 0.271. The first-order valence-corrected chi connectivity index (χ1v) is 6.61. The molecule has 0 bridgehead atoms. The van der Waals surface area contributed by atoms with Crippen LogP contribution in [0.5, 0.6) is 0 Å². The Bertz CT molecular complexity index is 453. The van der Waals surface area contributed by atoms with E-state index >= 15 is 0 Å². The molecule has 0 spiro atoms. The van der Waals surface area contributed by atoms with E-state index in [-0.39, 0.29) is 0 Å². The van der Waals surface area contributed by atoms with Crippen LogP contribution in [0.15, 0.2) is 35.8 Å². The Hall–Kier alpha value is -1.39. The van der Waals surface area contributed by atoms with E-state index in [9.17, 15) is 0 Å². The van der Waals surface area contributed by atoms with Gasteiger partial charge >= 0.3 is 0 Å². The lowest BCUT2D eigenvalue weighted by Crippen LogP contribution is -2.23. The maximum atomic E-state index is 5.91. The molecule has 2 heterocycles. The molecule has 2 aromatic heterocycles. The number of aromatic nitrogens is 1. The maximum absolute atomic E-state index is 5.91. The first-order chi connectivity index (χ1) is 8.29. The molecule has 2 N–H and O–H groups in total. The summed E-state index contributed by atoms with van der Waals surface area (Å²) in [6.45, 7) is 4.92. The van der Waals surface area contributed by atoms with E-state index in [0.717, 1.165) is 31.0 Å². The Morgan fingerprint density at radius 1 is 1.29 bits per heavy atom. The smallest absolute Gasteiger partial charge is 0.0772 e. The van der Waals surface area contributed by atoms with Crippen molar-refractivity contribution in [2.24, 2.45) is 0 Å². The van der Waals surface area contributed by atoms with Crippen molar-refractivity contribution < 1.29 is 0 Å². The van der Waals surface area contributed by atoms with Gasteiger partial charge in [0.2, 0.25) is 0 Å². The van der Waals surface area contributed by atoms with Crippen molar-refractivity contribution >= 4 is 17.0 Å². The van der Waals surface area contributed by atoms with Gasteiger partial charge in [0.1, 0.15) is 0 Å². The van der Waals surface area contributed by atoms with Crippen LogP contribution in [0.2, 0.25) is 0 Å². The topological polar surface area (TPSA) is 42.2 Å². The third-order valence-corrected chi connectivity index (χ3v) is 3.57. The summed E-state index contributed by atoms with van der Waals surface area (Å²) < 4.78 is 0. The van der Waals surface area contributed by atoms with Crippen LogP contribution >= 0.6 is 11.3 Å². The molecule has 4 heteroatoms. The van der Waals surface area contributed by atoms with Gasteiger partial charge in [-0.2, -0.15) is 0 Å². The van der Waals surface area contributed by atoms with Gasteiger partial charge in [0, 0.05) is 24.2 Å². The molecule has 2 aromatic rings. The number of thiophene rings is 1. The molecule has 0 aliphatic rings. The summed E-state index contributed by atoms with van der Waals surface area (Å²) in [5.41, 5.74) is 7.65. The molecule has 17 heavy (non-hydrogen) atoms. The second kappa shape index (κ2) is 5.80. The third kappa shape index (κ3) is 3.28. The van der Waals surface area contributed by atoms with Crippen LogP contribution in [0.1, 0.15) is 17.5 Å². The lowest BCUT2D eigenvalue weighted by atomic mass is 10.2. The van der Waals surface area contributed by atoms with Crippen molar-refractivity contribution in [3.8, 4) is 0 Å². The second-order valence-corrected chi connectivity index (χ2v) is 4.95. The normalized spacial score (nSPS) is 10.9. The Morgan fingerprint density at radius 3 is 2.82 bits per heavy atom. The minimum Gasteiger partial charge on any atom is -0.397 e. The van der Waals surface area contributed by atoms with Crippen molar-refractivity contribution in [3.05, 3.63) is 46.4 Å². The van der Waals surface area contributed by atoms with Crippen molar-refractivity contribution in [2.75, 3.05) is 12.3 Å². The van der Waals surface area contributed by atoms with Gasteiger partial charge in [-0.25, -0.2) is 0 Å². The molecule has 0 atom stereocenters. The number of rotatable bonds is 5. The predicted molar refractivity (Wildman–Crippen MR) is 72.8 cm³/mol. The van der Waals surface area contributed by atoms with E-state index in [4.69, 9.17) is 5.73 Å². The van der Waals surface area contributed by atoms with Crippen LogP contribution in [0, 0.1) is 0 Å². The number of hydrogen-bond donors (Lipinski definition) is 1. The summed E-state index contributed by atoms with van der Waals surface area (Å²) in [4.78, 5) is 8.05. The minimum absolute atomic E-state index is 0.775. The molecule has 0 saturated carbocycles. The van der Waals surface area contributed by atoms with Crippen LogP contribution in [-0.2, 0) is 13.1 Å². The minimum atomic E-state index is 0.775. The van der Waals surface area contributed by atoms with Gasteiger partial charge in [-0.15, -0.1) is 11.3 Å². The molecular formula is C13H17N3S. The molecule has 0 unspecified atom stereocenters. The Labute approximate surface area is 106 Å². The average Bonchev–Trinajstić information content (AvgIpc) is 2.84. The Morgan fingerprint density at radius 2 is 2.18 bits per heavy atom. The van der Waals surface area contributed by atoms with Crippen LogP contribution < -0.4 is 5.73 Å². The zero-order valence-corrected chi connectivity index (χ0v) is 10.8. The summed E-state index contributed by atoms with van der Waals surface area (Å²) in [5, 5.41) is 2.11. The number of nitrogens with two attached hydrogens (primary N) is 1. The highest BCUT2D eigenvalue weighted by atomic mass is 32.1. The van der Waals surface area contributed by atoms with Gasteiger partial charge in [-0.3, -0.25) is 9.88 Å². The van der Waals surface area contributed by atoms with Gasteiger partial charge in [0.25, 0.3) is 0 Å². The van der Waals surface area contributed by atoms with Crippen molar-refractivity contribution in [1.29, 1.82) is 0 Å². The zero-order valence-electron chi connectivity index (χ0n) is 9.97. The summed E-state index contributed by atoms with van der Waals surface area (Å²) in [7, 11) is 0. The SMILES string of the molecule is CCN(Cc1cccs1)Cc1ncccc1N. The molecule has 3 nitrogen and oxygen atoms in total. The predicted octanol–water partition coefficient (Wildman–Crippen LogP) is 2.75. The molecule has 0 fully saturated rings. The van der Waals surface area contributed by atoms with Crippen molar-refractivity contribution in [3.63, 3.8) is 0 Å². The first-order valence-electron chi connectivity index (χ1n) is 5.73. The first kappa shape index (κ1) is 12.1. The monoisotopic (exact) mass is 247 g/mol. The van der Waals surface area contributed by atoms with Crippen LogP contribution in [0.3, 0.4) is 0 Å². The number of hydrogen-bond acceptors (Lipinski definition) is 4. The van der Waals surface area contributed by atoms with Gasteiger partial charge in [-0.05, 0) is 30.1 Å². The van der Waals surface area contributed by atoms with E-state index in [1.54, 1.807) is 17.5 Å².